The van der Waals surface area contributed by atoms with Crippen LogP contribution in [0.3, 0.4) is 0 Å². The first-order chi connectivity index (χ1) is 8.11. The third-order valence-electron chi connectivity index (χ3n) is 3.01. The van der Waals surface area contributed by atoms with Gasteiger partial charge in [0, 0.05) is 11.9 Å². The highest BCUT2D eigenvalue weighted by atomic mass is 79.9. The van der Waals surface area contributed by atoms with E-state index < -0.39 is 0 Å². The van der Waals surface area contributed by atoms with Crippen molar-refractivity contribution in [1.82, 2.24) is 0 Å². The number of benzene rings is 1. The van der Waals surface area contributed by atoms with Gasteiger partial charge in [-0.25, -0.2) is 0 Å². The molecule has 4 heteroatoms. The van der Waals surface area contributed by atoms with E-state index in [1.807, 2.05) is 12.1 Å². The molecule has 0 aliphatic carbocycles. The Morgan fingerprint density at radius 2 is 2.29 bits per heavy atom. The van der Waals surface area contributed by atoms with Crippen LogP contribution in [0.15, 0.2) is 18.2 Å². The molecule has 1 aliphatic rings. The average molecular weight is 298 g/mol. The number of likely N-dealkylation sites (N-methyl/N-ethyl adjacent to an activating group) is 1. The zero-order valence-electron chi connectivity index (χ0n) is 10.1. The van der Waals surface area contributed by atoms with Gasteiger partial charge in [-0.2, -0.15) is 0 Å². The Kier molecular flexibility index (Phi) is 3.72. The van der Waals surface area contributed by atoms with Crippen LogP contribution in [0.1, 0.15) is 18.9 Å². The maximum absolute atomic E-state index is 11.5. The van der Waals surface area contributed by atoms with Crippen LogP contribution in [0.5, 0.6) is 5.75 Å². The fourth-order valence-corrected chi connectivity index (χ4v) is 2.22. The van der Waals surface area contributed by atoms with Gasteiger partial charge in [0.15, 0.2) is 6.61 Å². The molecule has 0 N–H and O–H groups in total. The summed E-state index contributed by atoms with van der Waals surface area (Å²) in [6, 6.07) is 6.05. The number of alkyl halides is 1. The quantitative estimate of drug-likeness (QED) is 0.803. The molecule has 0 radical (unpaired) electrons. The maximum atomic E-state index is 11.5. The predicted molar refractivity (Wildman–Crippen MR) is 72.1 cm³/mol. The van der Waals surface area contributed by atoms with Gasteiger partial charge < -0.3 is 9.64 Å². The molecule has 1 atom stereocenters. The first-order valence-corrected chi connectivity index (χ1v) is 6.69. The number of fused-ring (bicyclic) bond motifs is 1. The lowest BCUT2D eigenvalue weighted by atomic mass is 10.1. The molecule has 1 aromatic carbocycles. The molecule has 0 saturated carbocycles. The van der Waals surface area contributed by atoms with Gasteiger partial charge in [0.2, 0.25) is 0 Å². The van der Waals surface area contributed by atoms with Crippen LogP contribution >= 0.6 is 15.9 Å². The Bertz CT molecular complexity index is 433. The van der Waals surface area contributed by atoms with E-state index in [2.05, 4.69) is 28.9 Å². The summed E-state index contributed by atoms with van der Waals surface area (Å²) in [4.78, 5) is 13.7. The predicted octanol–water partition coefficient (Wildman–Crippen LogP) is 2.76. The number of rotatable bonds is 3. The van der Waals surface area contributed by atoms with Crippen LogP contribution in [0.2, 0.25) is 0 Å². The van der Waals surface area contributed by atoms with Crippen LogP contribution in [0, 0.1) is 0 Å². The first-order valence-electron chi connectivity index (χ1n) is 5.78. The number of hydrogen-bond donors (Lipinski definition) is 0. The Labute approximate surface area is 110 Å². The lowest BCUT2D eigenvalue weighted by Crippen LogP contribution is -2.35. The van der Waals surface area contributed by atoms with Crippen LogP contribution in [-0.2, 0) is 11.2 Å². The van der Waals surface area contributed by atoms with E-state index in [0.29, 0.717) is 4.83 Å². The van der Waals surface area contributed by atoms with Gasteiger partial charge in [-0.05, 0) is 30.5 Å². The molecular formula is C13H16BrNO2. The normalized spacial score (nSPS) is 16.4. The van der Waals surface area contributed by atoms with Crippen LogP contribution in [0.4, 0.5) is 5.69 Å². The number of carbonyl (C=O) groups excluding carboxylic acids is 1. The van der Waals surface area contributed by atoms with Crippen molar-refractivity contribution in [3.8, 4) is 5.75 Å². The highest BCUT2D eigenvalue weighted by Gasteiger charge is 2.22. The average Bonchev–Trinajstić information content (AvgIpc) is 2.34. The van der Waals surface area contributed by atoms with E-state index in [-0.39, 0.29) is 12.5 Å². The maximum Gasteiger partial charge on any atom is 0.264 e. The van der Waals surface area contributed by atoms with Gasteiger partial charge in [0.25, 0.3) is 5.91 Å². The van der Waals surface area contributed by atoms with Crippen LogP contribution < -0.4 is 9.64 Å². The minimum absolute atomic E-state index is 0.000494. The highest BCUT2D eigenvalue weighted by Crippen LogP contribution is 2.32. The van der Waals surface area contributed by atoms with Crippen LogP contribution in [-0.4, -0.2) is 24.4 Å². The number of amides is 1. The van der Waals surface area contributed by atoms with Crippen molar-refractivity contribution in [1.29, 1.82) is 0 Å². The van der Waals surface area contributed by atoms with Gasteiger partial charge >= 0.3 is 0 Å². The second-order valence-corrected chi connectivity index (χ2v) is 5.55. The number of halogens is 1. The Morgan fingerprint density at radius 1 is 1.53 bits per heavy atom. The van der Waals surface area contributed by atoms with E-state index in [1.54, 1.807) is 11.9 Å². The topological polar surface area (TPSA) is 29.5 Å². The van der Waals surface area contributed by atoms with Crippen LogP contribution in [0.25, 0.3) is 0 Å². The number of ether oxygens (including phenoxy) is 1. The summed E-state index contributed by atoms with van der Waals surface area (Å²) in [5, 5.41) is 0. The third kappa shape index (κ3) is 2.63. The molecular weight excluding hydrogens is 282 g/mol. The molecule has 0 bridgehead atoms. The monoisotopic (exact) mass is 297 g/mol. The summed E-state index contributed by atoms with van der Waals surface area (Å²) in [6.07, 6.45) is 2.05. The Hall–Kier alpha value is -1.03. The van der Waals surface area contributed by atoms with Crippen molar-refractivity contribution < 1.29 is 9.53 Å². The number of nitrogens with zero attached hydrogens (tertiary/aromatic N) is 1. The second kappa shape index (κ2) is 5.08. The van der Waals surface area contributed by atoms with E-state index in [1.165, 1.54) is 5.56 Å². The van der Waals surface area contributed by atoms with Crippen molar-refractivity contribution >= 4 is 27.5 Å². The minimum atomic E-state index is 0.000494. The molecule has 0 aromatic heterocycles. The van der Waals surface area contributed by atoms with Gasteiger partial charge in [0.05, 0.1) is 5.69 Å². The van der Waals surface area contributed by atoms with Crippen molar-refractivity contribution in [2.75, 3.05) is 18.6 Å². The zero-order valence-corrected chi connectivity index (χ0v) is 11.7. The smallest absolute Gasteiger partial charge is 0.264 e. The fourth-order valence-electron chi connectivity index (χ4n) is 1.84. The zero-order chi connectivity index (χ0) is 12.4. The molecule has 1 aromatic rings. The number of carbonyl (C=O) groups is 1. The SMILES string of the molecule is CCC(Br)Cc1ccc2c(c1)N(C)C(=O)CO2. The third-order valence-corrected chi connectivity index (χ3v) is 3.98. The van der Waals surface area contributed by atoms with E-state index >= 15 is 0 Å². The van der Waals surface area contributed by atoms with Gasteiger partial charge in [0.1, 0.15) is 5.75 Å². The summed E-state index contributed by atoms with van der Waals surface area (Å²) in [5.41, 5.74) is 2.09. The molecule has 0 fully saturated rings. The van der Waals surface area contributed by atoms with Crippen molar-refractivity contribution in [3.05, 3.63) is 23.8 Å². The molecule has 3 nitrogen and oxygen atoms in total. The van der Waals surface area contributed by atoms with Gasteiger partial charge in [-0.1, -0.05) is 28.9 Å². The van der Waals surface area contributed by atoms with Crippen molar-refractivity contribution in [2.45, 2.75) is 24.6 Å². The largest absolute Gasteiger partial charge is 0.482 e. The molecule has 2 rings (SSSR count). The summed E-state index contributed by atoms with van der Waals surface area (Å²) in [6.45, 7) is 2.29. The molecule has 0 saturated heterocycles. The molecule has 1 heterocycles. The van der Waals surface area contributed by atoms with E-state index in [4.69, 9.17) is 4.74 Å². The van der Waals surface area contributed by atoms with Crippen molar-refractivity contribution in [2.24, 2.45) is 0 Å². The summed E-state index contributed by atoms with van der Waals surface area (Å²) >= 11 is 3.62. The Morgan fingerprint density at radius 3 is 3.00 bits per heavy atom. The number of anilines is 1. The molecule has 1 amide bonds. The molecule has 1 unspecified atom stereocenters. The highest BCUT2D eigenvalue weighted by molar-refractivity contribution is 9.09. The first kappa shape index (κ1) is 12.4. The van der Waals surface area contributed by atoms with E-state index in [0.717, 1.165) is 24.3 Å². The number of hydrogen-bond acceptors (Lipinski definition) is 2. The van der Waals surface area contributed by atoms with E-state index in [9.17, 15) is 4.79 Å². The lowest BCUT2D eigenvalue weighted by molar-refractivity contribution is -0.120. The van der Waals surface area contributed by atoms with Gasteiger partial charge in [-0.15, -0.1) is 0 Å². The fraction of sp³-hybridized carbons (Fsp3) is 0.462. The summed E-state index contributed by atoms with van der Waals surface area (Å²) < 4.78 is 5.39. The molecule has 1 aliphatic heterocycles. The lowest BCUT2D eigenvalue weighted by Gasteiger charge is -2.26. The molecule has 92 valence electrons. The molecule has 0 spiro atoms. The second-order valence-electron chi connectivity index (χ2n) is 4.25. The van der Waals surface area contributed by atoms with Gasteiger partial charge in [-0.3, -0.25) is 4.79 Å². The minimum Gasteiger partial charge on any atom is -0.482 e. The molecule has 17 heavy (non-hydrogen) atoms. The summed E-state index contributed by atoms with van der Waals surface area (Å²) in [7, 11) is 1.79. The Balaban J connectivity index is 2.26. The summed E-state index contributed by atoms with van der Waals surface area (Å²) in [5.74, 6) is 0.791. The standard InChI is InChI=1S/C13H16BrNO2/c1-3-10(14)6-9-4-5-12-11(7-9)15(2)13(16)8-17-12/h4-5,7,10H,3,6,8H2,1-2H3. The van der Waals surface area contributed by atoms with Crippen molar-refractivity contribution in [3.63, 3.8) is 0 Å².